The molecular weight excluding hydrogens is 391 g/mol. The molecule has 1 N–H and O–H groups in total. The van der Waals surface area contributed by atoms with Gasteiger partial charge in [-0.1, -0.05) is 36.4 Å². The summed E-state index contributed by atoms with van der Waals surface area (Å²) in [6, 6.07) is 18.0. The molecule has 6 heteroatoms. The lowest BCUT2D eigenvalue weighted by Crippen LogP contribution is -2.33. The first-order valence-electron chi connectivity index (χ1n) is 9.48. The quantitative estimate of drug-likeness (QED) is 0.586. The van der Waals surface area contributed by atoms with Gasteiger partial charge in [-0.3, -0.25) is 4.79 Å². The maximum absolute atomic E-state index is 13.1. The second-order valence-electron chi connectivity index (χ2n) is 7.61. The Labute approximate surface area is 172 Å². The first-order chi connectivity index (χ1) is 14.2. The second kappa shape index (κ2) is 7.20. The first-order valence-corrected chi connectivity index (χ1v) is 9.48. The Morgan fingerprint density at radius 2 is 1.70 bits per heavy atom. The van der Waals surface area contributed by atoms with Gasteiger partial charge in [-0.15, -0.1) is 0 Å². The van der Waals surface area contributed by atoms with Gasteiger partial charge in [-0.2, -0.15) is 13.2 Å². The van der Waals surface area contributed by atoms with Crippen LogP contribution in [0.5, 0.6) is 5.75 Å². The molecule has 0 fully saturated rings. The molecular formula is C24H20F3NO2. The number of ether oxygens (including phenoxy) is 1. The van der Waals surface area contributed by atoms with Crippen molar-refractivity contribution in [2.24, 2.45) is 0 Å². The zero-order valence-electron chi connectivity index (χ0n) is 16.5. The third-order valence-electron chi connectivity index (χ3n) is 5.62. The summed E-state index contributed by atoms with van der Waals surface area (Å²) >= 11 is 0. The van der Waals surface area contributed by atoms with Crippen molar-refractivity contribution in [3.05, 3.63) is 83.4 Å². The van der Waals surface area contributed by atoms with E-state index in [0.29, 0.717) is 29.0 Å². The van der Waals surface area contributed by atoms with Gasteiger partial charge >= 0.3 is 6.18 Å². The van der Waals surface area contributed by atoms with Crippen molar-refractivity contribution in [3.63, 3.8) is 0 Å². The Hall–Kier alpha value is -3.28. The molecule has 30 heavy (non-hydrogen) atoms. The molecule has 0 aromatic heterocycles. The fourth-order valence-corrected chi connectivity index (χ4v) is 3.95. The molecule has 4 rings (SSSR count). The lowest BCUT2D eigenvalue weighted by atomic mass is 9.77. The number of benzene rings is 3. The van der Waals surface area contributed by atoms with E-state index >= 15 is 0 Å². The van der Waals surface area contributed by atoms with Gasteiger partial charge < -0.3 is 10.1 Å². The molecule has 0 spiro atoms. The van der Waals surface area contributed by atoms with Crippen LogP contribution >= 0.6 is 0 Å². The van der Waals surface area contributed by atoms with Gasteiger partial charge in [-0.25, -0.2) is 0 Å². The summed E-state index contributed by atoms with van der Waals surface area (Å²) in [5, 5.41) is 2.90. The number of amides is 1. The molecule has 1 heterocycles. The number of methoxy groups -OCH3 is 1. The number of para-hydroxylation sites is 1. The van der Waals surface area contributed by atoms with Crippen LogP contribution in [0.1, 0.15) is 23.6 Å². The van der Waals surface area contributed by atoms with Gasteiger partial charge in [0.15, 0.2) is 0 Å². The summed E-state index contributed by atoms with van der Waals surface area (Å²) in [5.41, 5.74) is 1.82. The van der Waals surface area contributed by atoms with Crippen LogP contribution in [-0.2, 0) is 22.8 Å². The van der Waals surface area contributed by atoms with Crippen LogP contribution in [-0.4, -0.2) is 13.0 Å². The van der Waals surface area contributed by atoms with E-state index in [-0.39, 0.29) is 5.91 Å². The minimum Gasteiger partial charge on any atom is -0.496 e. The molecule has 0 radical (unpaired) electrons. The van der Waals surface area contributed by atoms with Crippen molar-refractivity contribution in [3.8, 4) is 16.9 Å². The standard InChI is InChI=1S/C24H20F3NO2/c1-23(14-17-6-3-4-9-21(17)30-2)19-13-16(10-11-20(19)28-22(23)29)15-7-5-8-18(12-15)24(25,26)27/h3-13H,14H2,1-2H3,(H,28,29). The van der Waals surface area contributed by atoms with Crippen LogP contribution in [0.15, 0.2) is 66.7 Å². The van der Waals surface area contributed by atoms with Crippen LogP contribution in [0, 0.1) is 0 Å². The highest BCUT2D eigenvalue weighted by molar-refractivity contribution is 6.06. The number of anilines is 1. The maximum atomic E-state index is 13.1. The normalized spacial score (nSPS) is 18.1. The Morgan fingerprint density at radius 1 is 0.967 bits per heavy atom. The third-order valence-corrected chi connectivity index (χ3v) is 5.62. The van der Waals surface area contributed by atoms with Crippen LogP contribution in [0.2, 0.25) is 0 Å². The predicted molar refractivity (Wildman–Crippen MR) is 110 cm³/mol. The molecule has 1 unspecified atom stereocenters. The number of fused-ring (bicyclic) bond motifs is 1. The Kier molecular flexibility index (Phi) is 4.80. The predicted octanol–water partition coefficient (Wildman–Crippen LogP) is 5.83. The van der Waals surface area contributed by atoms with E-state index < -0.39 is 17.2 Å². The molecule has 1 aliphatic rings. The SMILES string of the molecule is COc1ccccc1CC1(C)C(=O)Nc2ccc(-c3cccc(C(F)(F)F)c3)cc21. The Morgan fingerprint density at radius 3 is 2.43 bits per heavy atom. The third kappa shape index (κ3) is 3.43. The smallest absolute Gasteiger partial charge is 0.416 e. The molecule has 1 amide bonds. The highest BCUT2D eigenvalue weighted by Gasteiger charge is 2.43. The summed E-state index contributed by atoms with van der Waals surface area (Å²) in [7, 11) is 1.58. The summed E-state index contributed by atoms with van der Waals surface area (Å²) in [4.78, 5) is 12.9. The topological polar surface area (TPSA) is 38.3 Å². The van der Waals surface area contributed by atoms with Crippen molar-refractivity contribution in [2.45, 2.75) is 24.9 Å². The molecule has 154 valence electrons. The molecule has 3 aromatic carbocycles. The average Bonchev–Trinajstić information content (AvgIpc) is 2.97. The fraction of sp³-hybridized carbons (Fsp3) is 0.208. The minimum absolute atomic E-state index is 0.149. The number of hydrogen-bond acceptors (Lipinski definition) is 2. The van der Waals surface area contributed by atoms with Gasteiger partial charge in [0.2, 0.25) is 5.91 Å². The summed E-state index contributed by atoms with van der Waals surface area (Å²) in [6.07, 6.45) is -4.01. The van der Waals surface area contributed by atoms with E-state index in [1.807, 2.05) is 31.2 Å². The second-order valence-corrected chi connectivity index (χ2v) is 7.61. The molecule has 1 atom stereocenters. The van der Waals surface area contributed by atoms with E-state index in [0.717, 1.165) is 23.3 Å². The van der Waals surface area contributed by atoms with Gasteiger partial charge in [0.05, 0.1) is 18.1 Å². The number of hydrogen-bond donors (Lipinski definition) is 1. The van der Waals surface area contributed by atoms with Gasteiger partial charge in [0.1, 0.15) is 5.75 Å². The largest absolute Gasteiger partial charge is 0.496 e. The zero-order chi connectivity index (χ0) is 21.5. The van der Waals surface area contributed by atoms with Gasteiger partial charge in [-0.05, 0) is 65.9 Å². The highest BCUT2D eigenvalue weighted by atomic mass is 19.4. The van der Waals surface area contributed by atoms with E-state index in [2.05, 4.69) is 5.32 Å². The van der Waals surface area contributed by atoms with E-state index in [1.165, 1.54) is 6.07 Å². The highest BCUT2D eigenvalue weighted by Crippen LogP contribution is 2.43. The lowest BCUT2D eigenvalue weighted by molar-refractivity contribution is -0.137. The van der Waals surface area contributed by atoms with Crippen molar-refractivity contribution in [1.82, 2.24) is 0 Å². The molecule has 3 nitrogen and oxygen atoms in total. The molecule has 0 saturated heterocycles. The lowest BCUT2D eigenvalue weighted by Gasteiger charge is -2.24. The van der Waals surface area contributed by atoms with Crippen LogP contribution in [0.4, 0.5) is 18.9 Å². The minimum atomic E-state index is -4.41. The number of carbonyl (C=O) groups is 1. The number of halogens is 3. The average molecular weight is 411 g/mol. The van der Waals surface area contributed by atoms with Crippen LogP contribution in [0.3, 0.4) is 0 Å². The zero-order valence-corrected chi connectivity index (χ0v) is 16.5. The van der Waals surface area contributed by atoms with Crippen LogP contribution in [0.25, 0.3) is 11.1 Å². The summed E-state index contributed by atoms with van der Waals surface area (Å²) < 4.78 is 44.8. The number of alkyl halides is 3. The number of carbonyl (C=O) groups excluding carboxylic acids is 1. The Balaban J connectivity index is 1.77. The fourth-order valence-electron chi connectivity index (χ4n) is 3.95. The molecule has 1 aliphatic heterocycles. The van der Waals surface area contributed by atoms with Crippen LogP contribution < -0.4 is 10.1 Å². The number of rotatable bonds is 4. The van der Waals surface area contributed by atoms with Gasteiger partial charge in [0, 0.05) is 5.69 Å². The van der Waals surface area contributed by atoms with E-state index in [1.54, 1.807) is 31.4 Å². The molecule has 0 aliphatic carbocycles. The number of nitrogens with one attached hydrogen (secondary N) is 1. The summed E-state index contributed by atoms with van der Waals surface area (Å²) in [5.74, 6) is 0.540. The monoisotopic (exact) mass is 411 g/mol. The van der Waals surface area contributed by atoms with Crippen molar-refractivity contribution in [1.29, 1.82) is 0 Å². The maximum Gasteiger partial charge on any atom is 0.416 e. The molecule has 0 saturated carbocycles. The molecule has 3 aromatic rings. The van der Waals surface area contributed by atoms with Crippen molar-refractivity contribution < 1.29 is 22.7 Å². The van der Waals surface area contributed by atoms with Crippen molar-refractivity contribution in [2.75, 3.05) is 12.4 Å². The van der Waals surface area contributed by atoms with Crippen molar-refractivity contribution >= 4 is 11.6 Å². The van der Waals surface area contributed by atoms with E-state index in [9.17, 15) is 18.0 Å². The van der Waals surface area contributed by atoms with Gasteiger partial charge in [0.25, 0.3) is 0 Å². The summed E-state index contributed by atoms with van der Waals surface area (Å²) in [6.45, 7) is 1.84. The first kappa shape index (κ1) is 20.0. The van der Waals surface area contributed by atoms with E-state index in [4.69, 9.17) is 4.74 Å². The molecule has 0 bridgehead atoms. The Bertz CT molecular complexity index is 1120.